The summed E-state index contributed by atoms with van der Waals surface area (Å²) in [5.41, 5.74) is 0.418. The van der Waals surface area contributed by atoms with Crippen LogP contribution in [0.5, 0.6) is 0 Å². The molecule has 0 heterocycles. The van der Waals surface area contributed by atoms with Crippen LogP contribution in [0, 0.1) is 0 Å². The average Bonchev–Trinajstić information content (AvgIpc) is 2.28. The lowest BCUT2D eigenvalue weighted by Gasteiger charge is -2.15. The number of nitrogens with one attached hydrogen (secondary N) is 1. The summed E-state index contributed by atoms with van der Waals surface area (Å²) < 4.78 is -0.872. The Hall–Kier alpha value is -1.15. The number of hydrogen-bond donors (Lipinski definition) is 3. The van der Waals surface area contributed by atoms with Gasteiger partial charge in [0.2, 0.25) is 0 Å². The number of carbonyl (C=O) groups is 2. The van der Waals surface area contributed by atoms with Crippen LogP contribution in [0.4, 0.5) is 0 Å². The van der Waals surface area contributed by atoms with Gasteiger partial charge in [0, 0.05) is 5.56 Å². The summed E-state index contributed by atoms with van der Waals surface area (Å²) in [6, 6.07) is 8.37. The Kier molecular flexibility index (Phi) is 4.69. The molecule has 0 saturated heterocycles. The second-order valence-corrected chi connectivity index (χ2v) is 4.37. The minimum atomic E-state index is -1.62. The van der Waals surface area contributed by atoms with Gasteiger partial charge in [-0.25, -0.2) is 4.79 Å². The molecule has 2 atom stereocenters. The van der Waals surface area contributed by atoms with Gasteiger partial charge >= 0.3 is 5.97 Å². The zero-order valence-electron chi connectivity index (χ0n) is 8.13. The molecule has 1 aromatic rings. The fraction of sp³-hybridized carbons (Fsp3) is 0.200. The van der Waals surface area contributed by atoms with Crippen LogP contribution in [-0.4, -0.2) is 32.2 Å². The Labute approximate surface area is 106 Å². The predicted octanol–water partition coefficient (Wildman–Crippen LogP) is 0.623. The molecular weight excluding hydrogens is 325 g/mol. The quantitative estimate of drug-likeness (QED) is 0.428. The molecule has 0 bridgehead atoms. The minimum Gasteiger partial charge on any atom is -0.479 e. The van der Waals surface area contributed by atoms with Crippen LogP contribution in [0.15, 0.2) is 30.3 Å². The number of amides is 1. The molecule has 0 saturated carbocycles. The molecule has 6 heteroatoms. The Bertz CT molecular complexity index is 382. The third-order valence-corrected chi connectivity index (χ3v) is 2.83. The summed E-state index contributed by atoms with van der Waals surface area (Å²) in [7, 11) is 0. The van der Waals surface area contributed by atoms with Gasteiger partial charge in [-0.05, 0) is 12.1 Å². The molecule has 3 N–H and O–H groups in total. The van der Waals surface area contributed by atoms with E-state index < -0.39 is 22.0 Å². The second kappa shape index (κ2) is 5.80. The van der Waals surface area contributed by atoms with E-state index in [0.29, 0.717) is 5.56 Å². The van der Waals surface area contributed by atoms with Gasteiger partial charge in [-0.15, -0.1) is 0 Å². The SMILES string of the molecule is O=C(NC(I)[C@@H](O)C(=O)O)c1ccccc1. The van der Waals surface area contributed by atoms with E-state index in [2.05, 4.69) is 5.32 Å². The highest BCUT2D eigenvalue weighted by molar-refractivity contribution is 14.1. The zero-order valence-corrected chi connectivity index (χ0v) is 10.3. The fourth-order valence-electron chi connectivity index (χ4n) is 1.00. The highest BCUT2D eigenvalue weighted by atomic mass is 127. The maximum absolute atomic E-state index is 11.6. The number of carboxylic acids is 1. The number of carboxylic acid groups (broad SMARTS) is 1. The fourth-order valence-corrected chi connectivity index (χ4v) is 1.59. The van der Waals surface area contributed by atoms with E-state index in [1.165, 1.54) is 0 Å². The summed E-state index contributed by atoms with van der Waals surface area (Å²) in [5.74, 6) is -1.78. The van der Waals surface area contributed by atoms with Crippen molar-refractivity contribution in [2.45, 2.75) is 10.2 Å². The van der Waals surface area contributed by atoms with Gasteiger partial charge in [-0.2, -0.15) is 0 Å². The van der Waals surface area contributed by atoms with E-state index in [1.54, 1.807) is 52.9 Å². The Morgan fingerprint density at radius 1 is 1.25 bits per heavy atom. The molecule has 0 aromatic heterocycles. The van der Waals surface area contributed by atoms with E-state index in [1.807, 2.05) is 0 Å². The average molecular weight is 335 g/mol. The van der Waals surface area contributed by atoms with Crippen LogP contribution < -0.4 is 5.32 Å². The van der Waals surface area contributed by atoms with Gasteiger partial charge in [0.1, 0.15) is 4.05 Å². The van der Waals surface area contributed by atoms with E-state index in [-0.39, 0.29) is 0 Å². The van der Waals surface area contributed by atoms with Crippen molar-refractivity contribution >= 4 is 34.5 Å². The van der Waals surface area contributed by atoms with Crippen molar-refractivity contribution in [1.82, 2.24) is 5.32 Å². The molecule has 5 nitrogen and oxygen atoms in total. The van der Waals surface area contributed by atoms with Crippen LogP contribution in [0.1, 0.15) is 10.4 Å². The second-order valence-electron chi connectivity index (χ2n) is 3.02. The van der Waals surface area contributed by atoms with E-state index in [4.69, 9.17) is 10.2 Å². The molecule has 1 rings (SSSR count). The number of aliphatic carboxylic acids is 1. The van der Waals surface area contributed by atoms with Crippen LogP contribution in [0.2, 0.25) is 0 Å². The van der Waals surface area contributed by atoms with Gasteiger partial charge in [-0.1, -0.05) is 40.8 Å². The third kappa shape index (κ3) is 3.46. The first-order chi connectivity index (χ1) is 7.52. The molecular formula is C10H10INO4. The molecule has 16 heavy (non-hydrogen) atoms. The molecule has 86 valence electrons. The van der Waals surface area contributed by atoms with Crippen LogP contribution >= 0.6 is 22.6 Å². The van der Waals surface area contributed by atoms with E-state index in [9.17, 15) is 9.59 Å². The molecule has 0 aliphatic carbocycles. The standard InChI is InChI=1S/C10H10INO4/c11-8(7(13)10(15)16)12-9(14)6-4-2-1-3-5-6/h1-5,7-8,13H,(H,12,14)(H,15,16)/t7-,8?/m1/s1. The molecule has 0 fully saturated rings. The summed E-state index contributed by atoms with van der Waals surface area (Å²) >= 11 is 1.66. The highest BCUT2D eigenvalue weighted by Gasteiger charge is 2.24. The number of halogens is 1. The summed E-state index contributed by atoms with van der Waals surface area (Å²) in [6.45, 7) is 0. The van der Waals surface area contributed by atoms with E-state index in [0.717, 1.165) is 0 Å². The Morgan fingerprint density at radius 3 is 2.31 bits per heavy atom. The van der Waals surface area contributed by atoms with Gasteiger partial charge < -0.3 is 15.5 Å². The third-order valence-electron chi connectivity index (χ3n) is 1.84. The summed E-state index contributed by atoms with van der Waals surface area (Å²) in [6.07, 6.45) is -1.62. The summed E-state index contributed by atoms with van der Waals surface area (Å²) in [4.78, 5) is 22.0. The molecule has 0 radical (unpaired) electrons. The van der Waals surface area contributed by atoms with Crippen LogP contribution in [0.3, 0.4) is 0 Å². The van der Waals surface area contributed by atoms with E-state index >= 15 is 0 Å². The number of aliphatic hydroxyl groups excluding tert-OH is 1. The molecule has 1 aromatic carbocycles. The molecule has 0 aliphatic rings. The number of aliphatic hydroxyl groups is 1. The number of benzene rings is 1. The van der Waals surface area contributed by atoms with Crippen molar-refractivity contribution in [3.8, 4) is 0 Å². The van der Waals surface area contributed by atoms with Crippen molar-refractivity contribution < 1.29 is 19.8 Å². The Balaban J connectivity index is 2.62. The molecule has 1 unspecified atom stereocenters. The zero-order chi connectivity index (χ0) is 12.1. The summed E-state index contributed by atoms with van der Waals surface area (Å²) in [5, 5.41) is 20.1. The topological polar surface area (TPSA) is 86.6 Å². The maximum Gasteiger partial charge on any atom is 0.335 e. The molecule has 0 aliphatic heterocycles. The van der Waals surface area contributed by atoms with Crippen molar-refractivity contribution in [2.24, 2.45) is 0 Å². The largest absolute Gasteiger partial charge is 0.479 e. The van der Waals surface area contributed by atoms with Gasteiger partial charge in [-0.3, -0.25) is 4.79 Å². The van der Waals surface area contributed by atoms with Gasteiger partial charge in [0.05, 0.1) is 0 Å². The first-order valence-corrected chi connectivity index (χ1v) is 5.68. The number of hydrogen-bond acceptors (Lipinski definition) is 3. The van der Waals surface area contributed by atoms with Crippen LogP contribution in [-0.2, 0) is 4.79 Å². The lowest BCUT2D eigenvalue weighted by Crippen LogP contribution is -2.42. The first-order valence-electron chi connectivity index (χ1n) is 4.43. The lowest BCUT2D eigenvalue weighted by atomic mass is 10.2. The predicted molar refractivity (Wildman–Crippen MR) is 65.4 cm³/mol. The maximum atomic E-state index is 11.6. The monoisotopic (exact) mass is 335 g/mol. The van der Waals surface area contributed by atoms with Crippen molar-refractivity contribution in [3.63, 3.8) is 0 Å². The molecule has 1 amide bonds. The number of rotatable bonds is 4. The van der Waals surface area contributed by atoms with Crippen molar-refractivity contribution in [2.75, 3.05) is 0 Å². The normalized spacial score (nSPS) is 13.9. The van der Waals surface area contributed by atoms with Crippen molar-refractivity contribution in [1.29, 1.82) is 0 Å². The number of carbonyl (C=O) groups excluding carboxylic acids is 1. The Morgan fingerprint density at radius 2 is 1.81 bits per heavy atom. The minimum absolute atomic E-state index is 0.416. The molecule has 0 spiro atoms. The van der Waals surface area contributed by atoms with Gasteiger partial charge in [0.15, 0.2) is 6.10 Å². The van der Waals surface area contributed by atoms with Crippen LogP contribution in [0.25, 0.3) is 0 Å². The highest BCUT2D eigenvalue weighted by Crippen LogP contribution is 2.06. The number of alkyl halides is 1. The van der Waals surface area contributed by atoms with Gasteiger partial charge in [0.25, 0.3) is 5.91 Å². The smallest absolute Gasteiger partial charge is 0.335 e. The van der Waals surface area contributed by atoms with Crippen molar-refractivity contribution in [3.05, 3.63) is 35.9 Å². The first kappa shape index (κ1) is 12.9. The lowest BCUT2D eigenvalue weighted by molar-refractivity contribution is -0.146.